The first kappa shape index (κ1) is 15.9. The van der Waals surface area contributed by atoms with E-state index in [4.69, 9.17) is 0 Å². The van der Waals surface area contributed by atoms with Crippen LogP contribution in [0.4, 0.5) is 0 Å². The molecular weight excluding hydrogens is 274 g/mol. The summed E-state index contributed by atoms with van der Waals surface area (Å²) in [5, 5.41) is 3.14. The predicted molar refractivity (Wildman–Crippen MR) is 73.2 cm³/mol. The van der Waals surface area contributed by atoms with Gasteiger partial charge in [-0.1, -0.05) is 0 Å². The van der Waals surface area contributed by atoms with Crippen molar-refractivity contribution in [2.45, 2.75) is 44.4 Å². The second kappa shape index (κ2) is 5.46. The Balaban J connectivity index is 2.36. The Morgan fingerprint density at radius 3 is 2.11 bits per heavy atom. The highest BCUT2D eigenvalue weighted by Gasteiger charge is 2.29. The first-order chi connectivity index (χ1) is 8.04. The lowest BCUT2D eigenvalue weighted by Gasteiger charge is -2.24. The van der Waals surface area contributed by atoms with Crippen molar-refractivity contribution >= 4 is 19.7 Å². The fourth-order valence-electron chi connectivity index (χ4n) is 1.80. The van der Waals surface area contributed by atoms with E-state index in [9.17, 15) is 16.8 Å². The molecule has 0 atom stereocenters. The van der Waals surface area contributed by atoms with Crippen LogP contribution in [-0.4, -0.2) is 51.4 Å². The lowest BCUT2D eigenvalue weighted by molar-refractivity contribution is 0.472. The topological polar surface area (TPSA) is 80.3 Å². The van der Waals surface area contributed by atoms with Gasteiger partial charge >= 0.3 is 0 Å². The van der Waals surface area contributed by atoms with Crippen molar-refractivity contribution in [3.8, 4) is 0 Å². The summed E-state index contributed by atoms with van der Waals surface area (Å²) in [6, 6.07) is 0.128. The molecule has 5 nitrogen and oxygen atoms in total. The van der Waals surface area contributed by atoms with Crippen molar-refractivity contribution in [1.82, 2.24) is 5.32 Å². The van der Waals surface area contributed by atoms with Crippen molar-refractivity contribution in [2.24, 2.45) is 0 Å². The first-order valence-corrected chi connectivity index (χ1v) is 9.67. The molecule has 1 N–H and O–H groups in total. The van der Waals surface area contributed by atoms with Gasteiger partial charge < -0.3 is 5.32 Å². The van der Waals surface area contributed by atoms with Crippen LogP contribution >= 0.6 is 0 Å². The molecule has 1 saturated heterocycles. The molecule has 0 radical (unpaired) electrons. The highest BCUT2D eigenvalue weighted by molar-refractivity contribution is 7.92. The van der Waals surface area contributed by atoms with Gasteiger partial charge in [0, 0.05) is 12.6 Å². The quantitative estimate of drug-likeness (QED) is 0.811. The highest BCUT2D eigenvalue weighted by atomic mass is 32.2. The Morgan fingerprint density at radius 1 is 1.17 bits per heavy atom. The zero-order valence-electron chi connectivity index (χ0n) is 11.3. The summed E-state index contributed by atoms with van der Waals surface area (Å²) in [5.74, 6) is 0.507. The van der Waals surface area contributed by atoms with Gasteiger partial charge in [-0.2, -0.15) is 0 Å². The van der Waals surface area contributed by atoms with Gasteiger partial charge in [0.2, 0.25) is 0 Å². The molecule has 0 aromatic heterocycles. The molecule has 1 heterocycles. The minimum Gasteiger partial charge on any atom is -0.313 e. The molecule has 108 valence electrons. The minimum absolute atomic E-state index is 0.0970. The van der Waals surface area contributed by atoms with Crippen LogP contribution in [0.2, 0.25) is 0 Å². The van der Waals surface area contributed by atoms with Gasteiger partial charge in [-0.25, -0.2) is 16.8 Å². The normalized spacial score (nSPS) is 21.9. The van der Waals surface area contributed by atoms with Crippen LogP contribution in [-0.2, 0) is 19.7 Å². The van der Waals surface area contributed by atoms with Crippen molar-refractivity contribution in [1.29, 1.82) is 0 Å². The molecule has 1 aliphatic rings. The van der Waals surface area contributed by atoms with Crippen molar-refractivity contribution in [3.05, 3.63) is 0 Å². The van der Waals surface area contributed by atoms with E-state index >= 15 is 0 Å². The molecule has 1 rings (SSSR count). The molecule has 0 aromatic rings. The van der Waals surface area contributed by atoms with Crippen LogP contribution in [0.25, 0.3) is 0 Å². The van der Waals surface area contributed by atoms with Gasteiger partial charge in [-0.15, -0.1) is 0 Å². The van der Waals surface area contributed by atoms with Crippen molar-refractivity contribution < 1.29 is 16.8 Å². The number of nitrogens with one attached hydrogen (secondary N) is 1. The Labute approximate surface area is 110 Å². The van der Waals surface area contributed by atoms with Crippen molar-refractivity contribution in [2.75, 3.05) is 23.8 Å². The summed E-state index contributed by atoms with van der Waals surface area (Å²) < 4.78 is 45.5. The Hall–Kier alpha value is -0.140. The van der Waals surface area contributed by atoms with E-state index in [2.05, 4.69) is 5.32 Å². The molecule has 0 amide bonds. The third kappa shape index (κ3) is 4.51. The van der Waals surface area contributed by atoms with Crippen LogP contribution in [0.15, 0.2) is 0 Å². The Morgan fingerprint density at radius 2 is 1.67 bits per heavy atom. The van der Waals surface area contributed by atoms with Crippen LogP contribution in [0, 0.1) is 0 Å². The summed E-state index contributed by atoms with van der Waals surface area (Å²) in [6.45, 7) is 5.46. The molecule has 1 fully saturated rings. The summed E-state index contributed by atoms with van der Waals surface area (Å²) in [5.41, 5.74) is 0. The molecule has 1 aliphatic heterocycles. The third-order valence-electron chi connectivity index (χ3n) is 3.29. The van der Waals surface area contributed by atoms with Gasteiger partial charge in [0.05, 0.1) is 22.0 Å². The smallest absolute Gasteiger partial charge is 0.156 e. The van der Waals surface area contributed by atoms with Gasteiger partial charge in [0.15, 0.2) is 9.84 Å². The van der Waals surface area contributed by atoms with E-state index in [1.165, 1.54) is 0 Å². The molecule has 0 bridgehead atoms. The maximum atomic E-state index is 11.9. The van der Waals surface area contributed by atoms with E-state index in [0.29, 0.717) is 19.4 Å². The molecule has 0 saturated carbocycles. The standard InChI is InChI=1S/C11H23NO4S2/c1-11(2,3)18(15,16)9-6-12-10-4-7-17(13,14)8-5-10/h10,12H,4-9H2,1-3H3. The van der Waals surface area contributed by atoms with E-state index in [0.717, 1.165) is 0 Å². The monoisotopic (exact) mass is 297 g/mol. The summed E-state index contributed by atoms with van der Waals surface area (Å²) >= 11 is 0. The third-order valence-corrected chi connectivity index (χ3v) is 7.61. The maximum absolute atomic E-state index is 11.9. The lowest BCUT2D eigenvalue weighted by atomic mass is 10.1. The molecule has 0 aliphatic carbocycles. The summed E-state index contributed by atoms with van der Waals surface area (Å²) in [7, 11) is -5.95. The molecule has 0 spiro atoms. The van der Waals surface area contributed by atoms with Gasteiger partial charge in [0.1, 0.15) is 9.84 Å². The lowest BCUT2D eigenvalue weighted by Crippen LogP contribution is -2.41. The fourth-order valence-corrected chi connectivity index (χ4v) is 4.29. The minimum atomic E-state index is -3.10. The van der Waals surface area contributed by atoms with E-state index in [1.54, 1.807) is 20.8 Å². The predicted octanol–water partition coefficient (Wildman–Crippen LogP) is 0.367. The van der Waals surface area contributed by atoms with Crippen LogP contribution in [0.3, 0.4) is 0 Å². The molecule has 18 heavy (non-hydrogen) atoms. The zero-order valence-corrected chi connectivity index (χ0v) is 12.9. The van der Waals surface area contributed by atoms with E-state index in [-0.39, 0.29) is 23.3 Å². The first-order valence-electron chi connectivity index (χ1n) is 6.20. The average Bonchev–Trinajstić information content (AvgIpc) is 2.18. The molecule has 0 aromatic carbocycles. The number of sulfone groups is 2. The largest absolute Gasteiger partial charge is 0.313 e. The number of hydrogen-bond donors (Lipinski definition) is 1. The van der Waals surface area contributed by atoms with Gasteiger partial charge in [-0.3, -0.25) is 0 Å². The number of hydrogen-bond acceptors (Lipinski definition) is 5. The van der Waals surface area contributed by atoms with Gasteiger partial charge in [0.25, 0.3) is 0 Å². The number of rotatable bonds is 4. The van der Waals surface area contributed by atoms with Gasteiger partial charge in [-0.05, 0) is 33.6 Å². The highest BCUT2D eigenvalue weighted by Crippen LogP contribution is 2.16. The SMILES string of the molecule is CC(C)(C)S(=O)(=O)CCNC1CCS(=O)(=O)CC1. The zero-order chi connectivity index (χ0) is 14.0. The van der Waals surface area contributed by atoms with Crippen molar-refractivity contribution in [3.63, 3.8) is 0 Å². The second-order valence-corrected chi connectivity index (χ2v) is 11.0. The summed E-state index contributed by atoms with van der Waals surface area (Å²) in [6.07, 6.45) is 1.16. The Kier molecular flexibility index (Phi) is 4.83. The van der Waals surface area contributed by atoms with Crippen LogP contribution in [0.1, 0.15) is 33.6 Å². The maximum Gasteiger partial charge on any atom is 0.156 e. The Bertz CT molecular complexity index is 460. The second-order valence-electron chi connectivity index (χ2n) is 5.81. The molecular formula is C11H23NO4S2. The summed E-state index contributed by atoms with van der Waals surface area (Å²) in [4.78, 5) is 0. The molecule has 7 heteroatoms. The molecule has 0 unspecified atom stereocenters. The van der Waals surface area contributed by atoms with E-state index in [1.807, 2.05) is 0 Å². The average molecular weight is 297 g/mol. The fraction of sp³-hybridized carbons (Fsp3) is 1.00. The van der Waals surface area contributed by atoms with E-state index < -0.39 is 24.4 Å². The van der Waals surface area contributed by atoms with Crippen LogP contribution in [0.5, 0.6) is 0 Å². The van der Waals surface area contributed by atoms with Crippen LogP contribution < -0.4 is 5.32 Å².